The Balaban J connectivity index is 2.71. The molecule has 5 nitrogen and oxygen atoms in total. The SMILES string of the molecule is CCOc1cc(CN)ccc1OCCC(N)=O. The van der Waals surface area contributed by atoms with Crippen LogP contribution in [0, 0.1) is 0 Å². The molecule has 0 radical (unpaired) electrons. The van der Waals surface area contributed by atoms with Crippen molar-refractivity contribution in [3.05, 3.63) is 23.8 Å². The van der Waals surface area contributed by atoms with Crippen LogP contribution in [0.4, 0.5) is 0 Å². The Morgan fingerprint density at radius 3 is 2.65 bits per heavy atom. The molecule has 0 fully saturated rings. The fraction of sp³-hybridized carbons (Fsp3) is 0.417. The van der Waals surface area contributed by atoms with Gasteiger partial charge in [0.05, 0.1) is 19.6 Å². The van der Waals surface area contributed by atoms with Gasteiger partial charge in [0.15, 0.2) is 11.5 Å². The van der Waals surface area contributed by atoms with E-state index in [2.05, 4.69) is 0 Å². The summed E-state index contributed by atoms with van der Waals surface area (Å²) in [6, 6.07) is 5.49. The van der Waals surface area contributed by atoms with Crippen molar-refractivity contribution in [2.75, 3.05) is 13.2 Å². The number of carbonyl (C=O) groups excluding carboxylic acids is 1. The Bertz CT molecular complexity index is 380. The summed E-state index contributed by atoms with van der Waals surface area (Å²) >= 11 is 0. The van der Waals surface area contributed by atoms with Gasteiger partial charge in [0.25, 0.3) is 0 Å². The van der Waals surface area contributed by atoms with Gasteiger partial charge in [-0.25, -0.2) is 0 Å². The zero-order valence-electron chi connectivity index (χ0n) is 9.94. The monoisotopic (exact) mass is 238 g/mol. The molecule has 1 amide bonds. The summed E-state index contributed by atoms with van der Waals surface area (Å²) in [5.41, 5.74) is 11.5. The van der Waals surface area contributed by atoms with Crippen LogP contribution in [0.2, 0.25) is 0 Å². The van der Waals surface area contributed by atoms with Crippen molar-refractivity contribution >= 4 is 5.91 Å². The van der Waals surface area contributed by atoms with E-state index in [9.17, 15) is 4.79 Å². The molecule has 0 aliphatic rings. The molecule has 0 spiro atoms. The maximum Gasteiger partial charge on any atom is 0.220 e. The lowest BCUT2D eigenvalue weighted by atomic mass is 10.2. The van der Waals surface area contributed by atoms with E-state index in [-0.39, 0.29) is 18.9 Å². The molecule has 1 aromatic carbocycles. The fourth-order valence-corrected chi connectivity index (χ4v) is 1.33. The number of hydrogen-bond donors (Lipinski definition) is 2. The smallest absolute Gasteiger partial charge is 0.220 e. The second-order valence-corrected chi connectivity index (χ2v) is 3.48. The third kappa shape index (κ3) is 4.32. The average Bonchev–Trinajstić information content (AvgIpc) is 2.31. The first-order valence-corrected chi connectivity index (χ1v) is 5.54. The van der Waals surface area contributed by atoms with E-state index in [1.165, 1.54) is 0 Å². The van der Waals surface area contributed by atoms with Gasteiger partial charge in [0.1, 0.15) is 0 Å². The zero-order chi connectivity index (χ0) is 12.7. The Kier molecular flexibility index (Phi) is 5.29. The molecular formula is C12H18N2O3. The third-order valence-corrected chi connectivity index (χ3v) is 2.15. The minimum absolute atomic E-state index is 0.185. The van der Waals surface area contributed by atoms with Gasteiger partial charge in [-0.15, -0.1) is 0 Å². The van der Waals surface area contributed by atoms with Crippen molar-refractivity contribution in [2.24, 2.45) is 11.5 Å². The molecule has 0 aromatic heterocycles. The molecule has 1 aromatic rings. The van der Waals surface area contributed by atoms with E-state index in [0.717, 1.165) is 5.56 Å². The van der Waals surface area contributed by atoms with Gasteiger partial charge >= 0.3 is 0 Å². The van der Waals surface area contributed by atoms with Gasteiger partial charge < -0.3 is 20.9 Å². The summed E-state index contributed by atoms with van der Waals surface area (Å²) in [6.45, 7) is 3.13. The summed E-state index contributed by atoms with van der Waals surface area (Å²) in [5.74, 6) is 0.853. The summed E-state index contributed by atoms with van der Waals surface area (Å²) in [5, 5.41) is 0. The van der Waals surface area contributed by atoms with Crippen LogP contribution < -0.4 is 20.9 Å². The molecule has 0 saturated carbocycles. The second-order valence-electron chi connectivity index (χ2n) is 3.48. The van der Waals surface area contributed by atoms with Crippen molar-refractivity contribution in [3.63, 3.8) is 0 Å². The van der Waals surface area contributed by atoms with Crippen LogP contribution in [-0.2, 0) is 11.3 Å². The van der Waals surface area contributed by atoms with E-state index in [1.54, 1.807) is 6.07 Å². The third-order valence-electron chi connectivity index (χ3n) is 2.15. The molecule has 0 heterocycles. The average molecular weight is 238 g/mol. The van der Waals surface area contributed by atoms with E-state index < -0.39 is 0 Å². The number of hydrogen-bond acceptors (Lipinski definition) is 4. The maximum absolute atomic E-state index is 10.6. The highest BCUT2D eigenvalue weighted by Gasteiger charge is 2.06. The molecule has 17 heavy (non-hydrogen) atoms. The van der Waals surface area contributed by atoms with Crippen molar-refractivity contribution < 1.29 is 14.3 Å². The van der Waals surface area contributed by atoms with Crippen LogP contribution in [0.3, 0.4) is 0 Å². The Morgan fingerprint density at radius 2 is 2.06 bits per heavy atom. The topological polar surface area (TPSA) is 87.6 Å². The predicted octanol–water partition coefficient (Wildman–Crippen LogP) is 0.798. The van der Waals surface area contributed by atoms with Crippen molar-refractivity contribution in [3.8, 4) is 11.5 Å². The molecule has 1 rings (SSSR count). The summed E-state index contributed by atoms with van der Waals surface area (Å²) < 4.78 is 10.9. The molecule has 0 aliphatic heterocycles. The largest absolute Gasteiger partial charge is 0.490 e. The van der Waals surface area contributed by atoms with Gasteiger partial charge in [-0.2, -0.15) is 0 Å². The van der Waals surface area contributed by atoms with Gasteiger partial charge in [0, 0.05) is 6.54 Å². The number of primary amides is 1. The lowest BCUT2D eigenvalue weighted by molar-refractivity contribution is -0.118. The molecule has 4 N–H and O–H groups in total. The highest BCUT2D eigenvalue weighted by molar-refractivity contribution is 5.73. The Hall–Kier alpha value is -1.75. The van der Waals surface area contributed by atoms with E-state index >= 15 is 0 Å². The van der Waals surface area contributed by atoms with Crippen LogP contribution in [0.1, 0.15) is 18.9 Å². The second kappa shape index (κ2) is 6.75. The van der Waals surface area contributed by atoms with Gasteiger partial charge in [-0.05, 0) is 24.6 Å². The highest BCUT2D eigenvalue weighted by atomic mass is 16.5. The number of nitrogens with two attached hydrogens (primary N) is 2. The highest BCUT2D eigenvalue weighted by Crippen LogP contribution is 2.28. The first kappa shape index (κ1) is 13.3. The fourth-order valence-electron chi connectivity index (χ4n) is 1.33. The maximum atomic E-state index is 10.6. The molecule has 0 bridgehead atoms. The zero-order valence-corrected chi connectivity index (χ0v) is 9.94. The summed E-state index contributed by atoms with van der Waals surface area (Å²) in [7, 11) is 0. The van der Waals surface area contributed by atoms with Crippen LogP contribution in [0.15, 0.2) is 18.2 Å². The molecule has 0 atom stereocenters. The van der Waals surface area contributed by atoms with Crippen LogP contribution in [-0.4, -0.2) is 19.1 Å². The molecule has 0 unspecified atom stereocenters. The molecular weight excluding hydrogens is 220 g/mol. The number of rotatable bonds is 7. The number of ether oxygens (including phenoxy) is 2. The number of benzene rings is 1. The normalized spacial score (nSPS) is 10.0. The lowest BCUT2D eigenvalue weighted by Crippen LogP contribution is -2.14. The standard InChI is InChI=1S/C12H18N2O3/c1-2-16-11-7-9(8-13)3-4-10(11)17-6-5-12(14)15/h3-4,7H,2,5-6,8,13H2,1H3,(H2,14,15). The molecule has 5 heteroatoms. The minimum atomic E-state index is -0.387. The van der Waals surface area contributed by atoms with Crippen molar-refractivity contribution in [1.82, 2.24) is 0 Å². The number of carbonyl (C=O) groups is 1. The van der Waals surface area contributed by atoms with E-state index in [0.29, 0.717) is 24.7 Å². The number of amides is 1. The molecule has 0 aliphatic carbocycles. The summed E-state index contributed by atoms with van der Waals surface area (Å²) in [4.78, 5) is 10.6. The van der Waals surface area contributed by atoms with Crippen LogP contribution in [0.5, 0.6) is 11.5 Å². The quantitative estimate of drug-likeness (QED) is 0.735. The van der Waals surface area contributed by atoms with Crippen LogP contribution >= 0.6 is 0 Å². The first-order valence-electron chi connectivity index (χ1n) is 5.54. The van der Waals surface area contributed by atoms with Gasteiger partial charge in [-0.1, -0.05) is 6.07 Å². The Labute approximate surface area is 101 Å². The summed E-state index contributed by atoms with van der Waals surface area (Å²) in [6.07, 6.45) is 0.185. The van der Waals surface area contributed by atoms with Gasteiger partial charge in [0.2, 0.25) is 5.91 Å². The molecule has 0 saturated heterocycles. The van der Waals surface area contributed by atoms with E-state index in [1.807, 2.05) is 19.1 Å². The van der Waals surface area contributed by atoms with E-state index in [4.69, 9.17) is 20.9 Å². The lowest BCUT2D eigenvalue weighted by Gasteiger charge is -2.12. The minimum Gasteiger partial charge on any atom is -0.490 e. The van der Waals surface area contributed by atoms with Crippen molar-refractivity contribution in [1.29, 1.82) is 0 Å². The van der Waals surface area contributed by atoms with Crippen molar-refractivity contribution in [2.45, 2.75) is 19.9 Å². The van der Waals surface area contributed by atoms with Crippen LogP contribution in [0.25, 0.3) is 0 Å². The Morgan fingerprint density at radius 1 is 1.29 bits per heavy atom. The predicted molar refractivity (Wildman–Crippen MR) is 64.8 cm³/mol. The first-order chi connectivity index (χ1) is 8.17. The van der Waals surface area contributed by atoms with Gasteiger partial charge in [-0.3, -0.25) is 4.79 Å². The molecule has 94 valence electrons.